The Kier molecular flexibility index (Phi) is 4.67. The van der Waals surface area contributed by atoms with Gasteiger partial charge in [-0.2, -0.15) is 0 Å². The molecule has 0 aliphatic carbocycles. The molecule has 0 aromatic heterocycles. The second kappa shape index (κ2) is 5.58. The summed E-state index contributed by atoms with van der Waals surface area (Å²) in [5.41, 5.74) is 5.96. The van der Waals surface area contributed by atoms with Crippen LogP contribution >= 0.6 is 0 Å². The SMILES string of the molecule is CO[C@H]1O[C@H](C)[C@H](N)[C@@H](OC)[C@@H]1NC(C)=O. The van der Waals surface area contributed by atoms with Gasteiger partial charge in [-0.05, 0) is 6.92 Å². The van der Waals surface area contributed by atoms with Crippen LogP contribution in [0.25, 0.3) is 0 Å². The highest BCUT2D eigenvalue weighted by atomic mass is 16.7. The van der Waals surface area contributed by atoms with Crippen molar-refractivity contribution in [1.82, 2.24) is 5.32 Å². The maximum atomic E-state index is 11.1. The minimum Gasteiger partial charge on any atom is -0.377 e. The van der Waals surface area contributed by atoms with E-state index in [1.807, 2.05) is 6.92 Å². The lowest BCUT2D eigenvalue weighted by Gasteiger charge is -2.43. The van der Waals surface area contributed by atoms with Crippen molar-refractivity contribution < 1.29 is 19.0 Å². The normalized spacial score (nSPS) is 39.4. The van der Waals surface area contributed by atoms with E-state index in [1.165, 1.54) is 14.0 Å². The van der Waals surface area contributed by atoms with Gasteiger partial charge in [0.25, 0.3) is 0 Å². The molecule has 0 saturated carbocycles. The number of hydrogen-bond donors (Lipinski definition) is 2. The van der Waals surface area contributed by atoms with Crippen molar-refractivity contribution in [3.8, 4) is 0 Å². The number of amides is 1. The number of rotatable bonds is 3. The second-order valence-electron chi connectivity index (χ2n) is 3.95. The molecule has 0 bridgehead atoms. The zero-order valence-corrected chi connectivity index (χ0v) is 10.1. The fraction of sp³-hybridized carbons (Fsp3) is 0.900. The Morgan fingerprint density at radius 2 is 2.00 bits per heavy atom. The number of ether oxygens (including phenoxy) is 3. The first kappa shape index (κ1) is 13.4. The minimum absolute atomic E-state index is 0.167. The molecule has 3 N–H and O–H groups in total. The molecule has 1 fully saturated rings. The lowest BCUT2D eigenvalue weighted by Crippen LogP contribution is -2.66. The van der Waals surface area contributed by atoms with Crippen LogP contribution in [0.5, 0.6) is 0 Å². The van der Waals surface area contributed by atoms with Crippen molar-refractivity contribution in [3.05, 3.63) is 0 Å². The van der Waals surface area contributed by atoms with Gasteiger partial charge in [-0.15, -0.1) is 0 Å². The van der Waals surface area contributed by atoms with Crippen LogP contribution in [0.4, 0.5) is 0 Å². The summed E-state index contributed by atoms with van der Waals surface area (Å²) in [5.74, 6) is -0.167. The van der Waals surface area contributed by atoms with E-state index in [4.69, 9.17) is 19.9 Å². The Balaban J connectivity index is 2.83. The number of nitrogens with one attached hydrogen (secondary N) is 1. The smallest absolute Gasteiger partial charge is 0.217 e. The Hall–Kier alpha value is -0.690. The predicted octanol–water partition coefficient (Wildman–Crippen LogP) is -0.775. The molecule has 5 atom stereocenters. The van der Waals surface area contributed by atoms with Crippen molar-refractivity contribution in [2.45, 2.75) is 44.4 Å². The number of nitrogens with two attached hydrogens (primary N) is 1. The van der Waals surface area contributed by atoms with Crippen molar-refractivity contribution in [2.24, 2.45) is 5.73 Å². The van der Waals surface area contributed by atoms with E-state index < -0.39 is 12.3 Å². The lowest BCUT2D eigenvalue weighted by molar-refractivity contribution is -0.226. The number of hydrogen-bond acceptors (Lipinski definition) is 5. The Bertz CT molecular complexity index is 249. The zero-order chi connectivity index (χ0) is 12.3. The molecule has 6 heteroatoms. The van der Waals surface area contributed by atoms with Gasteiger partial charge >= 0.3 is 0 Å². The molecule has 1 aliphatic rings. The third kappa shape index (κ3) is 2.70. The van der Waals surface area contributed by atoms with Gasteiger partial charge in [0.05, 0.1) is 18.2 Å². The van der Waals surface area contributed by atoms with Crippen LogP contribution in [0.1, 0.15) is 13.8 Å². The van der Waals surface area contributed by atoms with Gasteiger partial charge in [-0.1, -0.05) is 0 Å². The van der Waals surface area contributed by atoms with Crippen molar-refractivity contribution in [1.29, 1.82) is 0 Å². The van der Waals surface area contributed by atoms with Crippen LogP contribution in [-0.4, -0.2) is 50.7 Å². The van der Waals surface area contributed by atoms with Gasteiger partial charge < -0.3 is 25.3 Å². The topological polar surface area (TPSA) is 82.8 Å². The second-order valence-corrected chi connectivity index (χ2v) is 3.95. The van der Waals surface area contributed by atoms with E-state index in [2.05, 4.69) is 5.32 Å². The third-order valence-corrected chi connectivity index (χ3v) is 2.79. The average molecular weight is 232 g/mol. The number of carbonyl (C=O) groups is 1. The first-order valence-electron chi connectivity index (χ1n) is 5.25. The average Bonchev–Trinajstić information content (AvgIpc) is 2.23. The molecule has 1 saturated heterocycles. The summed E-state index contributed by atoms with van der Waals surface area (Å²) in [4.78, 5) is 11.1. The van der Waals surface area contributed by atoms with Crippen LogP contribution < -0.4 is 11.1 Å². The van der Waals surface area contributed by atoms with Crippen LogP contribution in [-0.2, 0) is 19.0 Å². The van der Waals surface area contributed by atoms with Gasteiger partial charge in [0, 0.05) is 21.1 Å². The van der Waals surface area contributed by atoms with Gasteiger partial charge in [0.15, 0.2) is 6.29 Å². The molecule has 0 unspecified atom stereocenters. The maximum Gasteiger partial charge on any atom is 0.217 e. The molecule has 0 aromatic carbocycles. The van der Waals surface area contributed by atoms with Crippen LogP contribution in [0.2, 0.25) is 0 Å². The molecule has 1 rings (SSSR count). The van der Waals surface area contributed by atoms with E-state index in [1.54, 1.807) is 7.11 Å². The van der Waals surface area contributed by atoms with Crippen LogP contribution in [0.15, 0.2) is 0 Å². The fourth-order valence-electron chi connectivity index (χ4n) is 1.94. The first-order chi connectivity index (χ1) is 7.51. The molecule has 94 valence electrons. The molecule has 0 aromatic rings. The fourth-order valence-corrected chi connectivity index (χ4v) is 1.94. The molecular formula is C10H20N2O4. The molecule has 1 heterocycles. The molecular weight excluding hydrogens is 212 g/mol. The lowest BCUT2D eigenvalue weighted by atomic mass is 9.95. The molecule has 6 nitrogen and oxygen atoms in total. The highest BCUT2D eigenvalue weighted by Crippen LogP contribution is 2.22. The van der Waals surface area contributed by atoms with E-state index in [0.29, 0.717) is 0 Å². The largest absolute Gasteiger partial charge is 0.377 e. The number of methoxy groups -OCH3 is 2. The molecule has 0 radical (unpaired) electrons. The van der Waals surface area contributed by atoms with E-state index in [0.717, 1.165) is 0 Å². The minimum atomic E-state index is -0.538. The Morgan fingerprint density at radius 1 is 1.38 bits per heavy atom. The summed E-state index contributed by atoms with van der Waals surface area (Å²) >= 11 is 0. The third-order valence-electron chi connectivity index (χ3n) is 2.79. The summed E-state index contributed by atoms with van der Waals surface area (Å²) in [6, 6.07) is -0.688. The van der Waals surface area contributed by atoms with Gasteiger partial charge in [-0.25, -0.2) is 0 Å². The summed E-state index contributed by atoms with van der Waals surface area (Å²) in [5, 5.41) is 2.74. The van der Waals surface area contributed by atoms with Crippen molar-refractivity contribution >= 4 is 5.91 Å². The summed E-state index contributed by atoms with van der Waals surface area (Å²) < 4.78 is 16.1. The first-order valence-corrected chi connectivity index (χ1v) is 5.25. The summed E-state index contributed by atoms with van der Waals surface area (Å²) in [6.07, 6.45) is -1.04. The van der Waals surface area contributed by atoms with E-state index in [9.17, 15) is 4.79 Å². The zero-order valence-electron chi connectivity index (χ0n) is 10.1. The quantitative estimate of drug-likeness (QED) is 0.667. The monoisotopic (exact) mass is 232 g/mol. The molecule has 16 heavy (non-hydrogen) atoms. The van der Waals surface area contributed by atoms with Gasteiger partial charge in [0.2, 0.25) is 5.91 Å². The molecule has 1 aliphatic heterocycles. The molecule has 1 amide bonds. The molecule has 0 spiro atoms. The van der Waals surface area contributed by atoms with Crippen molar-refractivity contribution in [3.63, 3.8) is 0 Å². The van der Waals surface area contributed by atoms with E-state index >= 15 is 0 Å². The van der Waals surface area contributed by atoms with Crippen molar-refractivity contribution in [2.75, 3.05) is 14.2 Å². The highest BCUT2D eigenvalue weighted by Gasteiger charge is 2.43. The maximum absolute atomic E-state index is 11.1. The summed E-state index contributed by atoms with van der Waals surface area (Å²) in [6.45, 7) is 3.29. The van der Waals surface area contributed by atoms with Gasteiger partial charge in [0.1, 0.15) is 6.04 Å². The van der Waals surface area contributed by atoms with Crippen LogP contribution in [0.3, 0.4) is 0 Å². The van der Waals surface area contributed by atoms with E-state index in [-0.39, 0.29) is 24.2 Å². The van der Waals surface area contributed by atoms with Gasteiger partial charge in [-0.3, -0.25) is 4.79 Å². The highest BCUT2D eigenvalue weighted by molar-refractivity contribution is 5.73. The standard InChI is InChI=1S/C10H20N2O4/c1-5-7(11)9(14-3)8(12-6(2)13)10(15-4)16-5/h5,7-10H,11H2,1-4H3,(H,12,13)/t5-,7+,8+,9-,10+/m1/s1. The number of carbonyl (C=O) groups excluding carboxylic acids is 1. The Labute approximate surface area is 95.4 Å². The van der Waals surface area contributed by atoms with Crippen LogP contribution in [0, 0.1) is 0 Å². The predicted molar refractivity (Wildman–Crippen MR) is 57.7 cm³/mol. The summed E-state index contributed by atoms with van der Waals surface area (Å²) in [7, 11) is 3.08. The Morgan fingerprint density at radius 3 is 2.44 bits per heavy atom.